The summed E-state index contributed by atoms with van der Waals surface area (Å²) in [5, 5.41) is 2.77. The molecule has 2 rings (SSSR count). The predicted molar refractivity (Wildman–Crippen MR) is 105 cm³/mol. The lowest BCUT2D eigenvalue weighted by Crippen LogP contribution is -2.37. The highest BCUT2D eigenvalue weighted by Crippen LogP contribution is 2.24. The van der Waals surface area contributed by atoms with Gasteiger partial charge < -0.3 is 5.32 Å². The second kappa shape index (κ2) is 7.93. The Morgan fingerprint density at radius 1 is 1.12 bits per heavy atom. The van der Waals surface area contributed by atoms with Gasteiger partial charge in [0, 0.05) is 10.6 Å². The van der Waals surface area contributed by atoms with Crippen molar-refractivity contribution in [1.82, 2.24) is 0 Å². The van der Waals surface area contributed by atoms with Gasteiger partial charge in [-0.05, 0) is 61.6 Å². The zero-order chi connectivity index (χ0) is 18.6. The first kappa shape index (κ1) is 19.3. The lowest BCUT2D eigenvalue weighted by atomic mass is 10.1. The number of carbonyl (C=O) groups is 1. The lowest BCUT2D eigenvalue weighted by Gasteiger charge is -2.22. The zero-order valence-electron chi connectivity index (χ0n) is 14.7. The van der Waals surface area contributed by atoms with Gasteiger partial charge in [-0.3, -0.25) is 9.10 Å². The molecule has 0 atom stereocenters. The Morgan fingerprint density at radius 2 is 1.76 bits per heavy atom. The summed E-state index contributed by atoms with van der Waals surface area (Å²) in [6.07, 6.45) is 3.01. The van der Waals surface area contributed by atoms with Gasteiger partial charge in [0.2, 0.25) is 15.9 Å². The molecule has 5 nitrogen and oxygen atoms in total. The standard InChI is InChI=1S/C18H22N2O3S2/c1-13-8-14(2)10-15(9-13)19-18(21)12-20(25(4,22)23)16-6-5-7-17(11-16)24-3/h5-11H,12H2,1-4H3,(H,19,21). The molecule has 7 heteroatoms. The number of thioether (sulfide) groups is 1. The Balaban J connectivity index is 2.23. The van der Waals surface area contributed by atoms with Crippen LogP contribution in [0.15, 0.2) is 47.4 Å². The first-order valence-corrected chi connectivity index (χ1v) is 10.8. The molecule has 0 unspecified atom stereocenters. The third kappa shape index (κ3) is 5.51. The monoisotopic (exact) mass is 378 g/mol. The van der Waals surface area contributed by atoms with E-state index in [1.807, 2.05) is 44.4 Å². The molecule has 0 radical (unpaired) electrons. The number of anilines is 2. The number of benzene rings is 2. The molecule has 134 valence electrons. The first-order chi connectivity index (χ1) is 11.7. The highest BCUT2D eigenvalue weighted by Gasteiger charge is 2.21. The van der Waals surface area contributed by atoms with Crippen LogP contribution in [0.5, 0.6) is 0 Å². The van der Waals surface area contributed by atoms with E-state index in [4.69, 9.17) is 0 Å². The van der Waals surface area contributed by atoms with Crippen molar-refractivity contribution >= 4 is 39.1 Å². The minimum Gasteiger partial charge on any atom is -0.324 e. The summed E-state index contributed by atoms with van der Waals surface area (Å²) in [4.78, 5) is 13.3. The fourth-order valence-corrected chi connectivity index (χ4v) is 3.84. The third-order valence-corrected chi connectivity index (χ3v) is 5.40. The summed E-state index contributed by atoms with van der Waals surface area (Å²) in [5.74, 6) is -0.384. The van der Waals surface area contributed by atoms with E-state index >= 15 is 0 Å². The number of aryl methyl sites for hydroxylation is 2. The van der Waals surface area contributed by atoms with E-state index in [-0.39, 0.29) is 12.5 Å². The van der Waals surface area contributed by atoms with Crippen molar-refractivity contribution in [3.8, 4) is 0 Å². The van der Waals surface area contributed by atoms with E-state index in [9.17, 15) is 13.2 Å². The van der Waals surface area contributed by atoms with Crippen LogP contribution in [0.3, 0.4) is 0 Å². The summed E-state index contributed by atoms with van der Waals surface area (Å²) in [5.41, 5.74) is 3.20. The Kier molecular flexibility index (Phi) is 6.13. The van der Waals surface area contributed by atoms with Crippen LogP contribution < -0.4 is 9.62 Å². The molecule has 0 fully saturated rings. The first-order valence-electron chi connectivity index (χ1n) is 7.69. The van der Waals surface area contributed by atoms with E-state index in [0.717, 1.165) is 26.6 Å². The number of nitrogens with zero attached hydrogens (tertiary/aromatic N) is 1. The molecular formula is C18H22N2O3S2. The van der Waals surface area contributed by atoms with E-state index in [0.29, 0.717) is 11.4 Å². The van der Waals surface area contributed by atoms with Crippen LogP contribution in [-0.2, 0) is 14.8 Å². The molecule has 0 aliphatic heterocycles. The van der Waals surface area contributed by atoms with Crippen LogP contribution >= 0.6 is 11.8 Å². The highest BCUT2D eigenvalue weighted by atomic mass is 32.2. The van der Waals surface area contributed by atoms with Gasteiger partial charge in [-0.15, -0.1) is 11.8 Å². The van der Waals surface area contributed by atoms with Crippen LogP contribution in [0.25, 0.3) is 0 Å². The maximum absolute atomic E-state index is 12.4. The lowest BCUT2D eigenvalue weighted by molar-refractivity contribution is -0.114. The fourth-order valence-electron chi connectivity index (χ4n) is 2.54. The van der Waals surface area contributed by atoms with Crippen molar-refractivity contribution in [3.05, 3.63) is 53.6 Å². The number of rotatable bonds is 6. The number of hydrogen-bond acceptors (Lipinski definition) is 4. The average molecular weight is 379 g/mol. The van der Waals surface area contributed by atoms with Gasteiger partial charge in [0.25, 0.3) is 0 Å². The molecule has 1 N–H and O–H groups in total. The molecule has 0 saturated carbocycles. The minimum atomic E-state index is -3.58. The second-order valence-electron chi connectivity index (χ2n) is 5.90. The summed E-state index contributed by atoms with van der Waals surface area (Å²) in [6, 6.07) is 12.8. The van der Waals surface area contributed by atoms with Crippen molar-refractivity contribution < 1.29 is 13.2 Å². The van der Waals surface area contributed by atoms with Crippen molar-refractivity contribution in [2.45, 2.75) is 18.7 Å². The second-order valence-corrected chi connectivity index (χ2v) is 8.68. The highest BCUT2D eigenvalue weighted by molar-refractivity contribution is 7.98. The minimum absolute atomic E-state index is 0.274. The van der Waals surface area contributed by atoms with Crippen LogP contribution in [0.4, 0.5) is 11.4 Å². The van der Waals surface area contributed by atoms with Gasteiger partial charge in [0.05, 0.1) is 11.9 Å². The largest absolute Gasteiger partial charge is 0.324 e. The van der Waals surface area contributed by atoms with E-state index < -0.39 is 10.0 Å². The number of nitrogens with one attached hydrogen (secondary N) is 1. The summed E-state index contributed by atoms with van der Waals surface area (Å²) in [7, 11) is -3.58. The molecule has 0 aromatic heterocycles. The van der Waals surface area contributed by atoms with Gasteiger partial charge >= 0.3 is 0 Å². The van der Waals surface area contributed by atoms with Gasteiger partial charge in [0.15, 0.2) is 0 Å². The van der Waals surface area contributed by atoms with Crippen LogP contribution in [0.2, 0.25) is 0 Å². The van der Waals surface area contributed by atoms with Crippen molar-refractivity contribution in [2.75, 3.05) is 28.7 Å². The molecule has 0 aliphatic carbocycles. The van der Waals surface area contributed by atoms with Gasteiger partial charge in [-0.25, -0.2) is 8.42 Å². The Bertz CT molecular complexity index is 859. The van der Waals surface area contributed by atoms with Crippen LogP contribution in [0.1, 0.15) is 11.1 Å². The fraction of sp³-hybridized carbons (Fsp3) is 0.278. The number of amides is 1. The van der Waals surface area contributed by atoms with E-state index in [2.05, 4.69) is 5.32 Å². The molecule has 0 aliphatic rings. The van der Waals surface area contributed by atoms with Gasteiger partial charge in [-0.2, -0.15) is 0 Å². The summed E-state index contributed by atoms with van der Waals surface area (Å²) >= 11 is 1.51. The van der Waals surface area contributed by atoms with E-state index in [1.165, 1.54) is 11.8 Å². The molecule has 1 amide bonds. The average Bonchev–Trinajstić information content (AvgIpc) is 2.50. The maximum atomic E-state index is 12.4. The summed E-state index contributed by atoms with van der Waals surface area (Å²) < 4.78 is 25.4. The van der Waals surface area contributed by atoms with Crippen molar-refractivity contribution in [1.29, 1.82) is 0 Å². The Hall–Kier alpha value is -1.99. The van der Waals surface area contributed by atoms with Gasteiger partial charge in [0.1, 0.15) is 6.54 Å². The number of sulfonamides is 1. The third-order valence-electron chi connectivity index (χ3n) is 3.53. The van der Waals surface area contributed by atoms with Crippen LogP contribution in [-0.4, -0.2) is 33.4 Å². The maximum Gasteiger partial charge on any atom is 0.245 e. The molecular weight excluding hydrogens is 356 g/mol. The molecule has 0 bridgehead atoms. The van der Waals surface area contributed by atoms with Gasteiger partial charge in [-0.1, -0.05) is 12.1 Å². The predicted octanol–water partition coefficient (Wildman–Crippen LogP) is 3.43. The van der Waals surface area contributed by atoms with E-state index in [1.54, 1.807) is 18.2 Å². The number of hydrogen-bond donors (Lipinski definition) is 1. The van der Waals surface area contributed by atoms with Crippen molar-refractivity contribution in [2.24, 2.45) is 0 Å². The Morgan fingerprint density at radius 3 is 2.32 bits per heavy atom. The molecule has 0 spiro atoms. The SMILES string of the molecule is CSc1cccc(N(CC(=O)Nc2cc(C)cc(C)c2)S(C)(=O)=O)c1. The van der Waals surface area contributed by atoms with Crippen LogP contribution in [0, 0.1) is 13.8 Å². The molecule has 0 saturated heterocycles. The smallest absolute Gasteiger partial charge is 0.245 e. The Labute approximate surface area is 153 Å². The normalized spacial score (nSPS) is 11.2. The molecule has 2 aromatic carbocycles. The summed E-state index contributed by atoms with van der Waals surface area (Å²) in [6.45, 7) is 3.61. The molecule has 25 heavy (non-hydrogen) atoms. The number of carbonyl (C=O) groups excluding carboxylic acids is 1. The van der Waals surface area contributed by atoms with Crippen molar-refractivity contribution in [3.63, 3.8) is 0 Å². The zero-order valence-corrected chi connectivity index (χ0v) is 16.4. The quantitative estimate of drug-likeness (QED) is 0.782. The topological polar surface area (TPSA) is 66.5 Å². The molecule has 0 heterocycles. The molecule has 2 aromatic rings.